The van der Waals surface area contributed by atoms with Gasteiger partial charge in [-0.05, 0) is 36.5 Å². The molecule has 1 amide bonds. The Balaban J connectivity index is 1.90. The van der Waals surface area contributed by atoms with Crippen molar-refractivity contribution < 1.29 is 4.79 Å². The van der Waals surface area contributed by atoms with Crippen LogP contribution < -0.4 is 5.32 Å². The van der Waals surface area contributed by atoms with Gasteiger partial charge in [0.15, 0.2) is 4.34 Å². The minimum atomic E-state index is 0.167. The highest BCUT2D eigenvalue weighted by molar-refractivity contribution is 8.01. The van der Waals surface area contributed by atoms with Crippen molar-refractivity contribution in [1.29, 1.82) is 0 Å². The minimum Gasteiger partial charge on any atom is -0.341 e. The molecule has 2 aromatic rings. The van der Waals surface area contributed by atoms with Gasteiger partial charge in [-0.1, -0.05) is 62.9 Å². The van der Waals surface area contributed by atoms with Crippen molar-refractivity contribution in [2.45, 2.75) is 39.0 Å². The molecule has 7 heteroatoms. The molecule has 1 heterocycles. The fourth-order valence-electron chi connectivity index (χ4n) is 2.54. The summed E-state index contributed by atoms with van der Waals surface area (Å²) in [5, 5.41) is 12.4. The summed E-state index contributed by atoms with van der Waals surface area (Å²) < 4.78 is 0.808. The molecule has 0 aliphatic rings. The summed E-state index contributed by atoms with van der Waals surface area (Å²) in [6.07, 6.45) is 0. The molecule has 0 unspecified atom stereocenters. The Morgan fingerprint density at radius 2 is 1.88 bits per heavy atom. The molecule has 1 N–H and O–H groups in total. The van der Waals surface area contributed by atoms with Crippen LogP contribution in [0.5, 0.6) is 0 Å². The molecule has 0 fully saturated rings. The van der Waals surface area contributed by atoms with Crippen molar-refractivity contribution in [2.75, 3.05) is 24.2 Å². The molecule has 1 aromatic heterocycles. The molecule has 1 aromatic carbocycles. The normalized spacial score (nSPS) is 11.2. The van der Waals surface area contributed by atoms with Crippen molar-refractivity contribution in [3.8, 4) is 0 Å². The van der Waals surface area contributed by atoms with Gasteiger partial charge in [0.1, 0.15) is 0 Å². The average molecular weight is 393 g/mol. The molecular formula is C19H28N4OS2. The van der Waals surface area contributed by atoms with E-state index in [2.05, 4.69) is 62.3 Å². The van der Waals surface area contributed by atoms with Crippen molar-refractivity contribution in [1.82, 2.24) is 15.1 Å². The maximum atomic E-state index is 12.6. The SMILES string of the molecule is Cc1cccc(Nc2nnc(SCC(=O)N(CC(C)C)CC(C)C)s2)c1. The summed E-state index contributed by atoms with van der Waals surface area (Å²) in [5.41, 5.74) is 2.18. The van der Waals surface area contributed by atoms with Gasteiger partial charge in [-0.2, -0.15) is 0 Å². The van der Waals surface area contributed by atoms with E-state index in [0.29, 0.717) is 17.6 Å². The van der Waals surface area contributed by atoms with Gasteiger partial charge in [0, 0.05) is 18.8 Å². The van der Waals surface area contributed by atoms with E-state index in [1.54, 1.807) is 0 Å². The first-order valence-corrected chi connectivity index (χ1v) is 10.7. The van der Waals surface area contributed by atoms with Gasteiger partial charge >= 0.3 is 0 Å². The highest BCUT2D eigenvalue weighted by atomic mass is 32.2. The van der Waals surface area contributed by atoms with Crippen LogP contribution >= 0.6 is 23.1 Å². The Kier molecular flexibility index (Phi) is 7.90. The summed E-state index contributed by atoms with van der Waals surface area (Å²) in [5.74, 6) is 1.50. The van der Waals surface area contributed by atoms with Crippen LogP contribution in [0.1, 0.15) is 33.3 Å². The lowest BCUT2D eigenvalue weighted by molar-refractivity contribution is -0.129. The van der Waals surface area contributed by atoms with Gasteiger partial charge in [-0.15, -0.1) is 10.2 Å². The van der Waals surface area contributed by atoms with E-state index >= 15 is 0 Å². The average Bonchev–Trinajstić information content (AvgIpc) is 2.98. The zero-order valence-corrected chi connectivity index (χ0v) is 17.8. The molecule has 5 nitrogen and oxygen atoms in total. The maximum Gasteiger partial charge on any atom is 0.233 e. The lowest BCUT2D eigenvalue weighted by Crippen LogP contribution is -2.38. The lowest BCUT2D eigenvalue weighted by Gasteiger charge is -2.26. The molecule has 0 bridgehead atoms. The van der Waals surface area contributed by atoms with E-state index < -0.39 is 0 Å². The molecule has 0 aliphatic heterocycles. The molecule has 0 saturated heterocycles. The zero-order valence-electron chi connectivity index (χ0n) is 16.2. The third-order valence-electron chi connectivity index (χ3n) is 3.52. The van der Waals surface area contributed by atoms with E-state index in [4.69, 9.17) is 0 Å². The molecule has 0 aliphatic carbocycles. The van der Waals surface area contributed by atoms with Gasteiger partial charge in [0.2, 0.25) is 11.0 Å². The van der Waals surface area contributed by atoms with Crippen molar-refractivity contribution in [2.24, 2.45) is 11.8 Å². The molecule has 0 saturated carbocycles. The predicted molar refractivity (Wildman–Crippen MR) is 111 cm³/mol. The van der Waals surface area contributed by atoms with Crippen LogP contribution in [-0.2, 0) is 4.79 Å². The van der Waals surface area contributed by atoms with E-state index in [-0.39, 0.29) is 5.91 Å². The number of nitrogens with zero attached hydrogens (tertiary/aromatic N) is 3. The number of rotatable bonds is 9. The first kappa shape index (κ1) is 20.7. The molecule has 2 rings (SSSR count). The topological polar surface area (TPSA) is 58.1 Å². The molecule has 0 radical (unpaired) electrons. The van der Waals surface area contributed by atoms with Crippen LogP contribution in [-0.4, -0.2) is 39.8 Å². The van der Waals surface area contributed by atoms with Crippen LogP contribution in [0.4, 0.5) is 10.8 Å². The first-order chi connectivity index (χ1) is 12.3. The van der Waals surface area contributed by atoms with E-state index in [1.165, 1.54) is 28.7 Å². The van der Waals surface area contributed by atoms with Crippen LogP contribution in [0, 0.1) is 18.8 Å². The Hall–Kier alpha value is -1.60. The smallest absolute Gasteiger partial charge is 0.233 e. The highest BCUT2D eigenvalue weighted by Crippen LogP contribution is 2.28. The first-order valence-electron chi connectivity index (χ1n) is 8.91. The van der Waals surface area contributed by atoms with Crippen molar-refractivity contribution >= 4 is 39.8 Å². The minimum absolute atomic E-state index is 0.167. The van der Waals surface area contributed by atoms with Gasteiger partial charge in [-0.3, -0.25) is 4.79 Å². The fraction of sp³-hybridized carbons (Fsp3) is 0.526. The number of carbonyl (C=O) groups is 1. The largest absolute Gasteiger partial charge is 0.341 e. The highest BCUT2D eigenvalue weighted by Gasteiger charge is 2.17. The Labute approximate surface area is 164 Å². The number of aryl methyl sites for hydroxylation is 1. The second-order valence-corrected chi connectivity index (χ2v) is 9.44. The number of carbonyl (C=O) groups excluding carboxylic acids is 1. The number of aromatic nitrogens is 2. The summed E-state index contributed by atoms with van der Waals surface area (Å²) in [7, 11) is 0. The number of thioether (sulfide) groups is 1. The van der Waals surface area contributed by atoms with Crippen LogP contribution in [0.2, 0.25) is 0 Å². The molecule has 26 heavy (non-hydrogen) atoms. The predicted octanol–water partition coefficient (Wildman–Crippen LogP) is 4.82. The third kappa shape index (κ3) is 6.96. The number of amides is 1. The van der Waals surface area contributed by atoms with Crippen LogP contribution in [0.25, 0.3) is 0 Å². The fourth-order valence-corrected chi connectivity index (χ4v) is 4.21. The van der Waals surface area contributed by atoms with Gasteiger partial charge < -0.3 is 10.2 Å². The van der Waals surface area contributed by atoms with E-state index in [0.717, 1.165) is 28.2 Å². The van der Waals surface area contributed by atoms with Gasteiger partial charge in [0.25, 0.3) is 0 Å². The summed E-state index contributed by atoms with van der Waals surface area (Å²) in [4.78, 5) is 14.5. The zero-order chi connectivity index (χ0) is 19.1. The van der Waals surface area contributed by atoms with E-state index in [1.807, 2.05) is 17.0 Å². The maximum absolute atomic E-state index is 12.6. The summed E-state index contributed by atoms with van der Waals surface area (Å²) in [6.45, 7) is 12.2. The number of anilines is 2. The number of nitrogens with one attached hydrogen (secondary N) is 1. The number of benzene rings is 1. The molecular weight excluding hydrogens is 364 g/mol. The monoisotopic (exact) mass is 392 g/mol. The third-order valence-corrected chi connectivity index (χ3v) is 5.48. The number of hydrogen-bond acceptors (Lipinski definition) is 6. The summed E-state index contributed by atoms with van der Waals surface area (Å²) >= 11 is 2.93. The van der Waals surface area contributed by atoms with Crippen LogP contribution in [0.15, 0.2) is 28.6 Å². The van der Waals surface area contributed by atoms with Gasteiger partial charge in [-0.25, -0.2) is 0 Å². The molecule has 0 spiro atoms. The second-order valence-electron chi connectivity index (χ2n) is 7.24. The number of hydrogen-bond donors (Lipinski definition) is 1. The van der Waals surface area contributed by atoms with Gasteiger partial charge in [0.05, 0.1) is 5.75 Å². The second kappa shape index (κ2) is 9.92. The molecule has 0 atom stereocenters. The Bertz CT molecular complexity index is 705. The van der Waals surface area contributed by atoms with E-state index in [9.17, 15) is 4.79 Å². The standard InChI is InChI=1S/C19H28N4OS2/c1-13(2)10-23(11-14(3)4)17(24)12-25-19-22-21-18(26-19)20-16-8-6-7-15(5)9-16/h6-9,13-14H,10-12H2,1-5H3,(H,20,21). The van der Waals surface area contributed by atoms with Crippen LogP contribution in [0.3, 0.4) is 0 Å². The quantitative estimate of drug-likeness (QED) is 0.620. The lowest BCUT2D eigenvalue weighted by atomic mass is 10.1. The molecule has 142 valence electrons. The summed E-state index contributed by atoms with van der Waals surface area (Å²) in [6, 6.07) is 8.12. The Morgan fingerprint density at radius 1 is 1.19 bits per heavy atom. The van der Waals surface area contributed by atoms with Crippen molar-refractivity contribution in [3.63, 3.8) is 0 Å². The Morgan fingerprint density at radius 3 is 2.50 bits per heavy atom. The van der Waals surface area contributed by atoms with Crippen molar-refractivity contribution in [3.05, 3.63) is 29.8 Å².